The number of hydrogen-bond acceptors (Lipinski definition) is 4. The van der Waals surface area contributed by atoms with Gasteiger partial charge in [-0.2, -0.15) is 5.26 Å². The molecule has 5 nitrogen and oxygen atoms in total. The molecule has 0 aromatic heterocycles. The van der Waals surface area contributed by atoms with E-state index in [1.54, 1.807) is 30.3 Å². The van der Waals surface area contributed by atoms with Gasteiger partial charge in [0.1, 0.15) is 22.5 Å². The number of nitriles is 1. The van der Waals surface area contributed by atoms with Crippen LogP contribution in [-0.4, -0.2) is 17.1 Å². The number of hydrogen-bond donors (Lipinski definition) is 1. The van der Waals surface area contributed by atoms with Gasteiger partial charge in [-0.3, -0.25) is 14.5 Å². The normalized spacial score (nSPS) is 18.3. The molecule has 0 unspecified atom stereocenters. The summed E-state index contributed by atoms with van der Waals surface area (Å²) >= 11 is 6.98. The molecule has 1 heterocycles. The van der Waals surface area contributed by atoms with Gasteiger partial charge in [-0.05, 0) is 48.4 Å². The molecule has 1 fully saturated rings. The van der Waals surface area contributed by atoms with Gasteiger partial charge in [0.05, 0.1) is 5.25 Å². The Morgan fingerprint density at radius 2 is 1.85 bits per heavy atom. The predicted molar refractivity (Wildman–Crippen MR) is 102 cm³/mol. The van der Waals surface area contributed by atoms with E-state index >= 15 is 0 Å². The summed E-state index contributed by atoms with van der Waals surface area (Å²) in [6, 6.07) is 14.0. The molecular formula is C19H13ClFN3O2S. The molecule has 3 rings (SSSR count). The number of carbonyl (C=O) groups excluding carboxylic acids is 2. The zero-order valence-electron chi connectivity index (χ0n) is 13.9. The molecule has 0 bridgehead atoms. The quantitative estimate of drug-likeness (QED) is 0.628. The first-order valence-corrected chi connectivity index (χ1v) is 9.11. The molecule has 1 atom stereocenters. The SMILES string of the molecule is N#C/C(C(N)=O)=C1\S[C@@H](Cc2ccc(Cl)cc2)C(=O)N1c1ccc(F)cc1. The van der Waals surface area contributed by atoms with Crippen LogP contribution in [0.15, 0.2) is 59.1 Å². The number of primary amides is 1. The summed E-state index contributed by atoms with van der Waals surface area (Å²) in [6.45, 7) is 0. The zero-order chi connectivity index (χ0) is 19.6. The van der Waals surface area contributed by atoms with Crippen LogP contribution in [0.4, 0.5) is 10.1 Å². The van der Waals surface area contributed by atoms with Gasteiger partial charge in [0.25, 0.3) is 5.91 Å². The van der Waals surface area contributed by atoms with E-state index in [9.17, 15) is 19.2 Å². The molecule has 0 spiro atoms. The number of nitrogens with two attached hydrogens (primary N) is 1. The van der Waals surface area contributed by atoms with Crippen molar-refractivity contribution < 1.29 is 14.0 Å². The van der Waals surface area contributed by atoms with Crippen LogP contribution in [0.3, 0.4) is 0 Å². The van der Waals surface area contributed by atoms with Crippen molar-refractivity contribution in [2.75, 3.05) is 4.90 Å². The summed E-state index contributed by atoms with van der Waals surface area (Å²) in [4.78, 5) is 25.9. The summed E-state index contributed by atoms with van der Waals surface area (Å²) in [5.74, 6) is -1.70. The van der Waals surface area contributed by atoms with Gasteiger partial charge in [0.15, 0.2) is 0 Å². The number of anilines is 1. The molecular weight excluding hydrogens is 389 g/mol. The first kappa shape index (κ1) is 19.0. The van der Waals surface area contributed by atoms with E-state index in [0.717, 1.165) is 17.3 Å². The van der Waals surface area contributed by atoms with Gasteiger partial charge in [-0.15, -0.1) is 0 Å². The lowest BCUT2D eigenvalue weighted by molar-refractivity contribution is -0.117. The number of nitrogens with zero attached hydrogens (tertiary/aromatic N) is 2. The highest BCUT2D eigenvalue weighted by Crippen LogP contribution is 2.41. The van der Waals surface area contributed by atoms with Crippen LogP contribution in [0.2, 0.25) is 5.02 Å². The molecule has 2 N–H and O–H groups in total. The van der Waals surface area contributed by atoms with Gasteiger partial charge in [-0.25, -0.2) is 4.39 Å². The number of carbonyl (C=O) groups is 2. The standard InChI is InChI=1S/C19H13ClFN3O2S/c20-12-3-1-11(2-4-12)9-16-18(26)24(14-7-5-13(21)6-8-14)19(27-16)15(10-22)17(23)25/h1-8,16H,9H2,(H2,23,25)/b19-15+/t16-/m0/s1. The number of amides is 2. The Kier molecular flexibility index (Phi) is 5.49. The summed E-state index contributed by atoms with van der Waals surface area (Å²) in [5.41, 5.74) is 6.23. The molecule has 8 heteroatoms. The maximum atomic E-state index is 13.3. The molecule has 2 amide bonds. The average Bonchev–Trinajstić information content (AvgIpc) is 2.94. The van der Waals surface area contributed by atoms with Gasteiger partial charge in [0.2, 0.25) is 5.91 Å². The van der Waals surface area contributed by atoms with Gasteiger partial charge in [0, 0.05) is 10.7 Å². The largest absolute Gasteiger partial charge is 0.365 e. The van der Waals surface area contributed by atoms with Gasteiger partial charge >= 0.3 is 0 Å². The number of benzene rings is 2. The predicted octanol–water partition coefficient (Wildman–Crippen LogP) is 3.39. The van der Waals surface area contributed by atoms with Crippen molar-refractivity contribution in [3.05, 3.63) is 75.5 Å². The van der Waals surface area contributed by atoms with Crippen LogP contribution < -0.4 is 10.6 Å². The minimum Gasteiger partial charge on any atom is -0.365 e. The highest BCUT2D eigenvalue weighted by Gasteiger charge is 2.40. The Balaban J connectivity index is 2.01. The Morgan fingerprint density at radius 3 is 2.41 bits per heavy atom. The van der Waals surface area contributed by atoms with Crippen molar-refractivity contribution in [2.45, 2.75) is 11.7 Å². The zero-order valence-corrected chi connectivity index (χ0v) is 15.4. The summed E-state index contributed by atoms with van der Waals surface area (Å²) in [5, 5.41) is 9.50. The Morgan fingerprint density at radius 1 is 1.22 bits per heavy atom. The minimum atomic E-state index is -0.924. The van der Waals surface area contributed by atoms with Gasteiger partial charge in [-0.1, -0.05) is 35.5 Å². The second kappa shape index (κ2) is 7.82. The van der Waals surface area contributed by atoms with Crippen LogP contribution in [0, 0.1) is 17.1 Å². The van der Waals surface area contributed by atoms with Crippen molar-refractivity contribution in [2.24, 2.45) is 5.73 Å². The van der Waals surface area contributed by atoms with Crippen LogP contribution in [0.5, 0.6) is 0 Å². The second-order valence-corrected chi connectivity index (χ2v) is 7.37. The van der Waals surface area contributed by atoms with Crippen LogP contribution in [0.1, 0.15) is 5.56 Å². The van der Waals surface area contributed by atoms with Gasteiger partial charge < -0.3 is 5.73 Å². The highest BCUT2D eigenvalue weighted by molar-refractivity contribution is 8.05. The molecule has 1 aliphatic heterocycles. The molecule has 2 aromatic rings. The molecule has 136 valence electrons. The third kappa shape index (κ3) is 3.97. The van der Waals surface area contributed by atoms with E-state index < -0.39 is 17.0 Å². The van der Waals surface area contributed by atoms with E-state index in [2.05, 4.69) is 0 Å². The summed E-state index contributed by atoms with van der Waals surface area (Å²) < 4.78 is 13.3. The second-order valence-electron chi connectivity index (χ2n) is 5.74. The lowest BCUT2D eigenvalue weighted by Gasteiger charge is -2.18. The van der Waals surface area contributed by atoms with Crippen molar-refractivity contribution in [3.63, 3.8) is 0 Å². The molecule has 0 radical (unpaired) electrons. The van der Waals surface area contributed by atoms with Crippen molar-refractivity contribution in [1.82, 2.24) is 0 Å². The number of halogens is 2. The molecule has 2 aromatic carbocycles. The molecule has 1 saturated heterocycles. The molecule has 1 aliphatic rings. The monoisotopic (exact) mass is 401 g/mol. The van der Waals surface area contributed by atoms with E-state index in [-0.39, 0.29) is 16.5 Å². The van der Waals surface area contributed by atoms with Crippen molar-refractivity contribution >= 4 is 40.9 Å². The fourth-order valence-corrected chi connectivity index (χ4v) is 4.10. The fraction of sp³-hybridized carbons (Fsp3) is 0.105. The summed E-state index contributed by atoms with van der Waals surface area (Å²) in [6.07, 6.45) is 0.374. The molecule has 0 aliphatic carbocycles. The van der Waals surface area contributed by atoms with Crippen LogP contribution in [-0.2, 0) is 16.0 Å². The van der Waals surface area contributed by atoms with Crippen LogP contribution in [0.25, 0.3) is 0 Å². The summed E-state index contributed by atoms with van der Waals surface area (Å²) in [7, 11) is 0. The maximum absolute atomic E-state index is 13.3. The number of thioether (sulfide) groups is 1. The number of rotatable bonds is 4. The lowest BCUT2D eigenvalue weighted by Crippen LogP contribution is -2.31. The van der Waals surface area contributed by atoms with E-state index in [1.165, 1.54) is 29.2 Å². The van der Waals surface area contributed by atoms with Crippen LogP contribution >= 0.6 is 23.4 Å². The van der Waals surface area contributed by atoms with Crippen molar-refractivity contribution in [1.29, 1.82) is 5.26 Å². The Hall–Kier alpha value is -2.82. The first-order valence-electron chi connectivity index (χ1n) is 7.85. The molecule has 27 heavy (non-hydrogen) atoms. The Bertz CT molecular complexity index is 968. The lowest BCUT2D eigenvalue weighted by atomic mass is 10.1. The minimum absolute atomic E-state index is 0.153. The topological polar surface area (TPSA) is 87.2 Å². The van der Waals surface area contributed by atoms with Crippen molar-refractivity contribution in [3.8, 4) is 6.07 Å². The van der Waals surface area contributed by atoms with E-state index in [4.69, 9.17) is 17.3 Å². The smallest absolute Gasteiger partial charge is 0.262 e. The third-order valence-electron chi connectivity index (χ3n) is 3.94. The molecule has 0 saturated carbocycles. The van der Waals surface area contributed by atoms with E-state index in [0.29, 0.717) is 17.1 Å². The third-order valence-corrected chi connectivity index (χ3v) is 5.46. The first-order chi connectivity index (χ1) is 12.9. The van der Waals surface area contributed by atoms with E-state index in [1.807, 2.05) is 0 Å². The maximum Gasteiger partial charge on any atom is 0.262 e. The fourth-order valence-electron chi connectivity index (χ4n) is 2.66. The average molecular weight is 402 g/mol. The Labute approximate surface area is 164 Å². The highest BCUT2D eigenvalue weighted by atomic mass is 35.5.